The van der Waals surface area contributed by atoms with Crippen molar-refractivity contribution in [3.05, 3.63) is 51.7 Å². The molecule has 1 heterocycles. The summed E-state index contributed by atoms with van der Waals surface area (Å²) >= 11 is 7.09. The molecule has 3 nitrogen and oxygen atoms in total. The van der Waals surface area contributed by atoms with E-state index in [4.69, 9.17) is 17.3 Å². The second-order valence-corrected chi connectivity index (χ2v) is 7.60. The first-order valence-electron chi connectivity index (χ1n) is 5.30. The second-order valence-electron chi connectivity index (χ2n) is 3.72. The minimum absolute atomic E-state index is 0.0358. The summed E-state index contributed by atoms with van der Waals surface area (Å²) in [7, 11) is -3.46. The Kier molecular flexibility index (Phi) is 4.07. The Morgan fingerprint density at radius 3 is 2.33 bits per heavy atom. The molecular weight excluding hydrogens is 290 g/mol. The molecule has 1 aromatic heterocycles. The van der Waals surface area contributed by atoms with E-state index < -0.39 is 15.1 Å². The molecule has 0 aliphatic heterocycles. The molecule has 0 aliphatic carbocycles. The van der Waals surface area contributed by atoms with Crippen LogP contribution in [0.4, 0.5) is 0 Å². The highest BCUT2D eigenvalue weighted by atomic mass is 35.5. The third-order valence-electron chi connectivity index (χ3n) is 2.57. The monoisotopic (exact) mass is 301 g/mol. The van der Waals surface area contributed by atoms with E-state index in [1.807, 2.05) is 0 Å². The largest absolute Gasteiger partial charge is 0.329 e. The zero-order valence-corrected chi connectivity index (χ0v) is 11.8. The lowest BCUT2D eigenvalue weighted by molar-refractivity contribution is 0.583. The summed E-state index contributed by atoms with van der Waals surface area (Å²) < 4.78 is 25.5. The van der Waals surface area contributed by atoms with E-state index in [0.717, 1.165) is 0 Å². The van der Waals surface area contributed by atoms with Gasteiger partial charge in [0.25, 0.3) is 0 Å². The Hall–Kier alpha value is -0.880. The lowest BCUT2D eigenvalue weighted by atomic mass is 10.3. The fraction of sp³-hybridized carbons (Fsp3) is 0.167. The third-order valence-corrected chi connectivity index (χ3v) is 6.19. The van der Waals surface area contributed by atoms with Crippen molar-refractivity contribution in [2.45, 2.75) is 10.1 Å². The van der Waals surface area contributed by atoms with Gasteiger partial charge in [0.1, 0.15) is 5.25 Å². The lowest BCUT2D eigenvalue weighted by Crippen LogP contribution is -2.21. The van der Waals surface area contributed by atoms with Gasteiger partial charge in [-0.15, -0.1) is 11.3 Å². The maximum absolute atomic E-state index is 12.5. The molecule has 0 fully saturated rings. The standard InChI is InChI=1S/C12H12ClNO2S2/c13-12-7-6-10(17-12)11(8-14)18(15,16)9-4-2-1-3-5-9/h1-7,11H,8,14H2. The van der Waals surface area contributed by atoms with Crippen LogP contribution in [0.3, 0.4) is 0 Å². The van der Waals surface area contributed by atoms with Crippen LogP contribution in [0.2, 0.25) is 4.34 Å². The van der Waals surface area contributed by atoms with Crippen LogP contribution in [-0.4, -0.2) is 15.0 Å². The molecule has 1 atom stereocenters. The van der Waals surface area contributed by atoms with E-state index in [9.17, 15) is 8.42 Å². The Morgan fingerprint density at radius 1 is 1.17 bits per heavy atom. The van der Waals surface area contributed by atoms with Crippen molar-refractivity contribution in [1.29, 1.82) is 0 Å². The first kappa shape index (κ1) is 13.5. The molecular formula is C12H12ClNO2S2. The lowest BCUT2D eigenvalue weighted by Gasteiger charge is -2.14. The summed E-state index contributed by atoms with van der Waals surface area (Å²) in [5.74, 6) is 0. The molecule has 0 spiro atoms. The van der Waals surface area contributed by atoms with Gasteiger partial charge in [0.2, 0.25) is 0 Å². The zero-order chi connectivity index (χ0) is 13.2. The first-order chi connectivity index (χ1) is 8.55. The molecule has 0 radical (unpaired) electrons. The summed E-state index contributed by atoms with van der Waals surface area (Å²) in [6.07, 6.45) is 0. The van der Waals surface area contributed by atoms with Gasteiger partial charge in [-0.25, -0.2) is 8.42 Å². The predicted octanol–water partition coefficient (Wildman–Crippen LogP) is 2.88. The average Bonchev–Trinajstić information content (AvgIpc) is 2.77. The van der Waals surface area contributed by atoms with E-state index in [1.165, 1.54) is 11.3 Å². The summed E-state index contributed by atoms with van der Waals surface area (Å²) in [4.78, 5) is 0.955. The topological polar surface area (TPSA) is 60.2 Å². The molecule has 0 bridgehead atoms. The average molecular weight is 302 g/mol. The van der Waals surface area contributed by atoms with Gasteiger partial charge in [0.15, 0.2) is 9.84 Å². The molecule has 1 aromatic carbocycles. The molecule has 2 N–H and O–H groups in total. The quantitative estimate of drug-likeness (QED) is 0.944. The number of nitrogens with two attached hydrogens (primary N) is 1. The predicted molar refractivity (Wildman–Crippen MR) is 74.8 cm³/mol. The molecule has 0 saturated carbocycles. The molecule has 2 rings (SSSR count). The number of sulfone groups is 1. The number of thiophene rings is 1. The van der Waals surface area contributed by atoms with Crippen LogP contribution < -0.4 is 5.73 Å². The fourth-order valence-electron chi connectivity index (χ4n) is 1.67. The normalized spacial score (nSPS) is 13.4. The molecule has 0 amide bonds. The van der Waals surface area contributed by atoms with Crippen LogP contribution in [0, 0.1) is 0 Å². The summed E-state index contributed by atoms with van der Waals surface area (Å²) in [6, 6.07) is 11.7. The molecule has 6 heteroatoms. The second kappa shape index (κ2) is 5.40. The van der Waals surface area contributed by atoms with Crippen LogP contribution in [0.15, 0.2) is 47.4 Å². The van der Waals surface area contributed by atoms with Crippen molar-refractivity contribution in [1.82, 2.24) is 0 Å². The number of hydrogen-bond donors (Lipinski definition) is 1. The van der Waals surface area contributed by atoms with Crippen LogP contribution in [-0.2, 0) is 9.84 Å². The fourth-order valence-corrected chi connectivity index (χ4v) is 4.75. The smallest absolute Gasteiger partial charge is 0.187 e. The van der Waals surface area contributed by atoms with Crippen LogP contribution >= 0.6 is 22.9 Å². The third kappa shape index (κ3) is 2.59. The Labute approximate surface area is 115 Å². The summed E-state index contributed by atoms with van der Waals surface area (Å²) in [5, 5.41) is -0.739. The first-order valence-corrected chi connectivity index (χ1v) is 8.04. The van der Waals surface area contributed by atoms with Crippen molar-refractivity contribution >= 4 is 32.8 Å². The SMILES string of the molecule is NCC(c1ccc(Cl)s1)S(=O)(=O)c1ccccc1. The van der Waals surface area contributed by atoms with Gasteiger partial charge in [0, 0.05) is 11.4 Å². The number of halogens is 1. The van der Waals surface area contributed by atoms with E-state index in [2.05, 4.69) is 0 Å². The maximum Gasteiger partial charge on any atom is 0.187 e. The van der Waals surface area contributed by atoms with Gasteiger partial charge in [-0.1, -0.05) is 29.8 Å². The van der Waals surface area contributed by atoms with E-state index >= 15 is 0 Å². The van der Waals surface area contributed by atoms with Crippen molar-refractivity contribution in [2.24, 2.45) is 5.73 Å². The molecule has 18 heavy (non-hydrogen) atoms. The van der Waals surface area contributed by atoms with Gasteiger partial charge in [-0.3, -0.25) is 0 Å². The van der Waals surface area contributed by atoms with Crippen LogP contribution in [0.5, 0.6) is 0 Å². The highest BCUT2D eigenvalue weighted by molar-refractivity contribution is 7.91. The van der Waals surface area contributed by atoms with E-state index in [-0.39, 0.29) is 11.4 Å². The maximum atomic E-state index is 12.5. The zero-order valence-electron chi connectivity index (χ0n) is 9.41. The summed E-state index contributed by atoms with van der Waals surface area (Å²) in [6.45, 7) is 0.0358. The number of rotatable bonds is 4. The number of benzene rings is 1. The Morgan fingerprint density at radius 2 is 1.83 bits per heavy atom. The number of hydrogen-bond acceptors (Lipinski definition) is 4. The van der Waals surface area contributed by atoms with Crippen molar-refractivity contribution in [3.63, 3.8) is 0 Å². The molecule has 2 aromatic rings. The molecule has 0 saturated heterocycles. The van der Waals surface area contributed by atoms with Crippen molar-refractivity contribution < 1.29 is 8.42 Å². The van der Waals surface area contributed by atoms with Gasteiger partial charge < -0.3 is 5.73 Å². The van der Waals surface area contributed by atoms with Gasteiger partial charge in [-0.2, -0.15) is 0 Å². The minimum Gasteiger partial charge on any atom is -0.329 e. The molecule has 96 valence electrons. The highest BCUT2D eigenvalue weighted by Crippen LogP contribution is 2.34. The van der Waals surface area contributed by atoms with Crippen LogP contribution in [0.25, 0.3) is 0 Å². The van der Waals surface area contributed by atoms with Gasteiger partial charge in [0.05, 0.1) is 9.23 Å². The van der Waals surface area contributed by atoms with Crippen molar-refractivity contribution in [3.8, 4) is 0 Å². The minimum atomic E-state index is -3.46. The van der Waals surface area contributed by atoms with E-state index in [0.29, 0.717) is 9.21 Å². The van der Waals surface area contributed by atoms with Gasteiger partial charge in [-0.05, 0) is 24.3 Å². The van der Waals surface area contributed by atoms with Crippen LogP contribution in [0.1, 0.15) is 10.1 Å². The highest BCUT2D eigenvalue weighted by Gasteiger charge is 2.28. The Bertz CT molecular complexity index is 623. The summed E-state index contributed by atoms with van der Waals surface area (Å²) in [5.41, 5.74) is 5.62. The Balaban J connectivity index is 2.45. The van der Waals surface area contributed by atoms with Gasteiger partial charge >= 0.3 is 0 Å². The van der Waals surface area contributed by atoms with Crippen molar-refractivity contribution in [2.75, 3.05) is 6.54 Å². The van der Waals surface area contributed by atoms with E-state index in [1.54, 1.807) is 42.5 Å². The molecule has 0 aliphatic rings. The molecule has 1 unspecified atom stereocenters.